The Morgan fingerprint density at radius 2 is 1.81 bits per heavy atom. The highest BCUT2D eigenvalue weighted by Gasteiger charge is 2.22. The zero-order valence-corrected chi connectivity index (χ0v) is 18.1. The Balaban J connectivity index is 1.67. The highest BCUT2D eigenvalue weighted by Crippen LogP contribution is 2.35. The molecule has 2 aromatic heterocycles. The first-order valence-electron chi connectivity index (χ1n) is 10.4. The van der Waals surface area contributed by atoms with Crippen molar-refractivity contribution in [3.05, 3.63) is 86.5 Å². The van der Waals surface area contributed by atoms with Crippen molar-refractivity contribution in [1.82, 2.24) is 9.55 Å². The highest BCUT2D eigenvalue weighted by molar-refractivity contribution is 7.18. The summed E-state index contributed by atoms with van der Waals surface area (Å²) in [6.45, 7) is 0.387. The van der Waals surface area contributed by atoms with Crippen LogP contribution in [0.15, 0.2) is 59.4 Å². The molecule has 0 bridgehead atoms. The number of esters is 1. The molecule has 0 atom stereocenters. The van der Waals surface area contributed by atoms with Crippen molar-refractivity contribution in [2.75, 3.05) is 7.11 Å². The van der Waals surface area contributed by atoms with E-state index in [2.05, 4.69) is 0 Å². The van der Waals surface area contributed by atoms with Crippen LogP contribution >= 0.6 is 11.3 Å². The van der Waals surface area contributed by atoms with Gasteiger partial charge >= 0.3 is 5.97 Å². The quantitative estimate of drug-likeness (QED) is 0.435. The molecule has 1 aliphatic carbocycles. The van der Waals surface area contributed by atoms with Crippen molar-refractivity contribution in [3.8, 4) is 11.4 Å². The molecular weight excluding hydrogens is 408 g/mol. The number of carbonyl (C=O) groups is 1. The molecule has 0 amide bonds. The zero-order chi connectivity index (χ0) is 21.4. The van der Waals surface area contributed by atoms with Crippen LogP contribution in [0.4, 0.5) is 0 Å². The first-order valence-corrected chi connectivity index (χ1v) is 11.2. The fourth-order valence-electron chi connectivity index (χ4n) is 4.24. The van der Waals surface area contributed by atoms with Crippen molar-refractivity contribution >= 4 is 27.5 Å². The Labute approximate surface area is 184 Å². The van der Waals surface area contributed by atoms with Gasteiger partial charge in [-0.2, -0.15) is 0 Å². The molecule has 0 radical (unpaired) electrons. The number of carbonyl (C=O) groups excluding carboxylic acids is 1. The van der Waals surface area contributed by atoms with E-state index in [0.717, 1.165) is 40.6 Å². The predicted molar refractivity (Wildman–Crippen MR) is 123 cm³/mol. The van der Waals surface area contributed by atoms with E-state index in [0.29, 0.717) is 17.9 Å². The maximum absolute atomic E-state index is 13.7. The second kappa shape index (κ2) is 8.12. The van der Waals surface area contributed by atoms with Crippen LogP contribution in [-0.2, 0) is 24.1 Å². The first kappa shape index (κ1) is 19.7. The summed E-state index contributed by atoms with van der Waals surface area (Å²) in [6.07, 6.45) is 4.27. The smallest absolute Gasteiger partial charge is 0.337 e. The second-order valence-electron chi connectivity index (χ2n) is 7.77. The molecule has 2 aromatic carbocycles. The van der Waals surface area contributed by atoms with Crippen LogP contribution < -0.4 is 5.56 Å². The molecule has 0 aliphatic heterocycles. The van der Waals surface area contributed by atoms with Gasteiger partial charge in [0.25, 0.3) is 5.56 Å². The SMILES string of the molecule is COC(=O)c1ccc(Cn2c(-c3ccccc3)nc3sc4c(c3c2=O)CCCC4)cc1. The number of ether oxygens (including phenoxy) is 1. The van der Waals surface area contributed by atoms with E-state index in [1.807, 2.05) is 42.5 Å². The number of thiophene rings is 1. The summed E-state index contributed by atoms with van der Waals surface area (Å²) in [4.78, 5) is 32.6. The van der Waals surface area contributed by atoms with E-state index in [9.17, 15) is 9.59 Å². The van der Waals surface area contributed by atoms with Crippen molar-refractivity contribution in [2.45, 2.75) is 32.2 Å². The average molecular weight is 431 g/mol. The van der Waals surface area contributed by atoms with E-state index in [1.54, 1.807) is 28.0 Å². The van der Waals surface area contributed by atoms with Crippen LogP contribution in [0.25, 0.3) is 21.6 Å². The molecule has 6 heteroatoms. The number of hydrogen-bond donors (Lipinski definition) is 0. The molecule has 1 aliphatic rings. The van der Waals surface area contributed by atoms with Crippen LogP contribution in [0.2, 0.25) is 0 Å². The maximum Gasteiger partial charge on any atom is 0.337 e. The summed E-state index contributed by atoms with van der Waals surface area (Å²) in [5, 5.41) is 0.783. The molecule has 2 heterocycles. The Hall–Kier alpha value is -3.25. The number of hydrogen-bond acceptors (Lipinski definition) is 5. The van der Waals surface area contributed by atoms with Crippen LogP contribution in [0, 0.1) is 0 Å². The van der Waals surface area contributed by atoms with Crippen molar-refractivity contribution < 1.29 is 9.53 Å². The second-order valence-corrected chi connectivity index (χ2v) is 8.86. The number of nitrogens with zero attached hydrogens (tertiary/aromatic N) is 2. The van der Waals surface area contributed by atoms with Gasteiger partial charge in [-0.25, -0.2) is 9.78 Å². The van der Waals surface area contributed by atoms with Crippen LogP contribution in [0.5, 0.6) is 0 Å². The molecule has 4 aromatic rings. The lowest BCUT2D eigenvalue weighted by Crippen LogP contribution is -2.24. The van der Waals surface area contributed by atoms with E-state index < -0.39 is 0 Å². The standard InChI is InChI=1S/C25H22N2O3S/c1-30-25(29)18-13-11-16(12-14-18)15-27-22(17-7-3-2-4-8-17)26-23-21(24(27)28)19-9-5-6-10-20(19)31-23/h2-4,7-8,11-14H,5-6,9-10,15H2,1H3. The lowest BCUT2D eigenvalue weighted by Gasteiger charge is -2.14. The van der Waals surface area contributed by atoms with Gasteiger partial charge in [-0.1, -0.05) is 42.5 Å². The monoisotopic (exact) mass is 430 g/mol. The van der Waals surface area contributed by atoms with Crippen molar-refractivity contribution in [3.63, 3.8) is 0 Å². The summed E-state index contributed by atoms with van der Waals surface area (Å²) in [5.74, 6) is 0.301. The molecule has 5 nitrogen and oxygen atoms in total. The molecule has 0 N–H and O–H groups in total. The van der Waals surface area contributed by atoms with E-state index in [1.165, 1.54) is 24.0 Å². The van der Waals surface area contributed by atoms with Gasteiger partial charge in [0.05, 0.1) is 24.6 Å². The molecule has 0 saturated heterocycles. The number of methoxy groups -OCH3 is 1. The normalized spacial score (nSPS) is 13.2. The Bertz CT molecular complexity index is 1320. The third kappa shape index (κ3) is 3.57. The largest absolute Gasteiger partial charge is 0.465 e. The number of fused-ring (bicyclic) bond motifs is 3. The molecule has 0 unspecified atom stereocenters. The molecule has 5 rings (SSSR count). The van der Waals surface area contributed by atoms with Gasteiger partial charge in [0, 0.05) is 10.4 Å². The van der Waals surface area contributed by atoms with E-state index >= 15 is 0 Å². The minimum absolute atomic E-state index is 0.0142. The van der Waals surface area contributed by atoms with Crippen LogP contribution in [0.1, 0.15) is 39.2 Å². The van der Waals surface area contributed by atoms with Crippen molar-refractivity contribution in [1.29, 1.82) is 0 Å². The minimum atomic E-state index is -0.373. The summed E-state index contributed by atoms with van der Waals surface area (Å²) in [7, 11) is 1.37. The average Bonchev–Trinajstić information content (AvgIpc) is 3.20. The van der Waals surface area contributed by atoms with Gasteiger partial charge in [-0.15, -0.1) is 11.3 Å². The molecule has 31 heavy (non-hydrogen) atoms. The lowest BCUT2D eigenvalue weighted by molar-refractivity contribution is 0.0600. The molecule has 0 fully saturated rings. The highest BCUT2D eigenvalue weighted by atomic mass is 32.1. The third-order valence-corrected chi connectivity index (χ3v) is 7.01. The molecular formula is C25H22N2O3S. The lowest BCUT2D eigenvalue weighted by atomic mass is 9.97. The zero-order valence-electron chi connectivity index (χ0n) is 17.3. The molecule has 156 valence electrons. The topological polar surface area (TPSA) is 61.2 Å². The van der Waals surface area contributed by atoms with Gasteiger partial charge in [0.2, 0.25) is 0 Å². The summed E-state index contributed by atoms with van der Waals surface area (Å²) in [6, 6.07) is 17.0. The Morgan fingerprint density at radius 1 is 1.06 bits per heavy atom. The van der Waals surface area contributed by atoms with Gasteiger partial charge in [-0.3, -0.25) is 9.36 Å². The number of aromatic nitrogens is 2. The van der Waals surface area contributed by atoms with E-state index in [4.69, 9.17) is 9.72 Å². The Morgan fingerprint density at radius 3 is 2.55 bits per heavy atom. The van der Waals surface area contributed by atoms with Gasteiger partial charge in [0.15, 0.2) is 0 Å². The first-order chi connectivity index (χ1) is 15.2. The molecule has 0 saturated carbocycles. The summed E-state index contributed by atoms with van der Waals surface area (Å²) in [5.41, 5.74) is 3.54. The minimum Gasteiger partial charge on any atom is -0.465 e. The fourth-order valence-corrected chi connectivity index (χ4v) is 5.49. The van der Waals surface area contributed by atoms with Crippen molar-refractivity contribution in [2.24, 2.45) is 0 Å². The molecule has 0 spiro atoms. The summed E-state index contributed by atoms with van der Waals surface area (Å²) < 4.78 is 6.55. The van der Waals surface area contributed by atoms with Crippen LogP contribution in [0.3, 0.4) is 0 Å². The number of benzene rings is 2. The van der Waals surface area contributed by atoms with Gasteiger partial charge in [-0.05, 0) is 48.9 Å². The Kier molecular flexibility index (Phi) is 5.16. The van der Waals surface area contributed by atoms with Crippen LogP contribution in [-0.4, -0.2) is 22.6 Å². The van der Waals surface area contributed by atoms with Gasteiger partial charge < -0.3 is 4.74 Å². The fraction of sp³-hybridized carbons (Fsp3) is 0.240. The number of aryl methyl sites for hydroxylation is 2. The van der Waals surface area contributed by atoms with Gasteiger partial charge in [0.1, 0.15) is 10.7 Å². The number of rotatable bonds is 4. The summed E-state index contributed by atoms with van der Waals surface area (Å²) >= 11 is 1.67. The van der Waals surface area contributed by atoms with E-state index in [-0.39, 0.29) is 11.5 Å². The third-order valence-electron chi connectivity index (χ3n) is 5.82. The maximum atomic E-state index is 13.7. The predicted octanol–water partition coefficient (Wildman–Crippen LogP) is 4.84.